The third-order valence-corrected chi connectivity index (χ3v) is 10.4. The topological polar surface area (TPSA) is 15.5 Å². The SMILES string of the molecule is CCCCCC[n+]1ccc(-c2cc(C)[n+](-c3ccc(-[n+]4c(-c5ccc(C)cc5)cc(-c5cc[n+](C)cc5)cc4-c4ccc(C)cc4)cc3)c(C)c2)cc1. The Bertz CT molecular complexity index is 2230. The lowest BCUT2D eigenvalue weighted by atomic mass is 9.98. The van der Waals surface area contributed by atoms with Crippen LogP contribution in [0.4, 0.5) is 0 Å². The number of aromatic nitrogens is 4. The molecule has 264 valence electrons. The van der Waals surface area contributed by atoms with Crippen molar-refractivity contribution in [2.24, 2.45) is 7.05 Å². The van der Waals surface area contributed by atoms with E-state index in [-0.39, 0.29) is 0 Å². The number of aryl methyl sites for hydroxylation is 6. The fourth-order valence-corrected chi connectivity index (χ4v) is 7.35. The number of rotatable bonds is 11. The second kappa shape index (κ2) is 15.9. The van der Waals surface area contributed by atoms with E-state index in [1.165, 1.54) is 81.6 Å². The van der Waals surface area contributed by atoms with E-state index in [0.29, 0.717) is 0 Å². The summed E-state index contributed by atoms with van der Waals surface area (Å²) >= 11 is 0. The first-order valence-electron chi connectivity index (χ1n) is 19.1. The van der Waals surface area contributed by atoms with Gasteiger partial charge in [-0.05, 0) is 66.8 Å². The summed E-state index contributed by atoms with van der Waals surface area (Å²) in [4.78, 5) is 0. The Balaban J connectivity index is 1.29. The van der Waals surface area contributed by atoms with Gasteiger partial charge in [-0.15, -0.1) is 0 Å². The molecule has 0 saturated heterocycles. The first-order valence-corrected chi connectivity index (χ1v) is 19.1. The van der Waals surface area contributed by atoms with Gasteiger partial charge < -0.3 is 0 Å². The summed E-state index contributed by atoms with van der Waals surface area (Å²) in [6, 6.07) is 45.0. The van der Waals surface area contributed by atoms with Gasteiger partial charge in [-0.1, -0.05) is 55.2 Å². The zero-order chi connectivity index (χ0) is 36.9. The van der Waals surface area contributed by atoms with Gasteiger partial charge in [0.1, 0.15) is 13.6 Å². The van der Waals surface area contributed by atoms with E-state index >= 15 is 0 Å². The molecular formula is C49H52N4+4. The van der Waals surface area contributed by atoms with Crippen LogP contribution in [0.15, 0.2) is 146 Å². The van der Waals surface area contributed by atoms with Gasteiger partial charge in [0, 0.05) is 104 Å². The fourth-order valence-electron chi connectivity index (χ4n) is 7.35. The Hall–Kier alpha value is -5.74. The largest absolute Gasteiger partial charge is 0.219 e. The maximum Gasteiger partial charge on any atom is 0.219 e. The zero-order valence-corrected chi connectivity index (χ0v) is 32.2. The number of unbranched alkanes of at least 4 members (excludes halogenated alkanes) is 3. The van der Waals surface area contributed by atoms with Crippen LogP contribution in [-0.2, 0) is 13.6 Å². The summed E-state index contributed by atoms with van der Waals surface area (Å²) in [6.07, 6.45) is 13.8. The molecule has 4 heteroatoms. The molecular weight excluding hydrogens is 645 g/mol. The molecule has 0 unspecified atom stereocenters. The molecule has 7 rings (SSSR count). The van der Waals surface area contributed by atoms with Gasteiger partial charge in [-0.25, -0.2) is 9.13 Å². The van der Waals surface area contributed by atoms with Gasteiger partial charge in [0.25, 0.3) is 0 Å². The Morgan fingerprint density at radius 3 is 1.36 bits per heavy atom. The van der Waals surface area contributed by atoms with Gasteiger partial charge in [0.15, 0.2) is 36.2 Å². The Labute approximate surface area is 316 Å². The number of hydrogen-bond acceptors (Lipinski definition) is 0. The van der Waals surface area contributed by atoms with Gasteiger partial charge >= 0.3 is 0 Å². The molecule has 4 heterocycles. The number of benzene rings is 3. The molecule has 0 aliphatic heterocycles. The van der Waals surface area contributed by atoms with Crippen molar-refractivity contribution < 1.29 is 18.3 Å². The minimum absolute atomic E-state index is 1.08. The average molecular weight is 697 g/mol. The minimum atomic E-state index is 1.08. The van der Waals surface area contributed by atoms with Crippen molar-refractivity contribution in [3.8, 4) is 56.1 Å². The predicted octanol–water partition coefficient (Wildman–Crippen LogP) is 9.83. The summed E-state index contributed by atoms with van der Waals surface area (Å²) < 4.78 is 9.17. The van der Waals surface area contributed by atoms with Crippen LogP contribution in [0.25, 0.3) is 56.1 Å². The van der Waals surface area contributed by atoms with E-state index in [1.807, 2.05) is 0 Å². The maximum atomic E-state index is 2.42. The monoisotopic (exact) mass is 696 g/mol. The molecule has 0 radical (unpaired) electrons. The highest BCUT2D eigenvalue weighted by atomic mass is 15.0. The van der Waals surface area contributed by atoms with E-state index in [4.69, 9.17) is 0 Å². The first-order chi connectivity index (χ1) is 25.8. The molecule has 0 saturated carbocycles. The van der Waals surface area contributed by atoms with Crippen LogP contribution in [-0.4, -0.2) is 0 Å². The highest BCUT2D eigenvalue weighted by Crippen LogP contribution is 2.31. The summed E-state index contributed by atoms with van der Waals surface area (Å²) in [5.41, 5.74) is 16.7. The third kappa shape index (κ3) is 8.03. The van der Waals surface area contributed by atoms with E-state index in [1.54, 1.807) is 0 Å². The zero-order valence-electron chi connectivity index (χ0n) is 32.2. The highest BCUT2D eigenvalue weighted by Gasteiger charge is 2.26. The lowest BCUT2D eigenvalue weighted by Gasteiger charge is -2.13. The Morgan fingerprint density at radius 1 is 0.415 bits per heavy atom. The van der Waals surface area contributed by atoms with Crippen molar-refractivity contribution in [2.45, 2.75) is 66.8 Å². The number of pyridine rings is 4. The molecule has 0 atom stereocenters. The number of hydrogen-bond donors (Lipinski definition) is 0. The lowest BCUT2D eigenvalue weighted by molar-refractivity contribution is -0.697. The molecule has 0 aliphatic carbocycles. The van der Waals surface area contributed by atoms with Crippen LogP contribution in [0.2, 0.25) is 0 Å². The van der Waals surface area contributed by atoms with Gasteiger partial charge in [0.05, 0.1) is 0 Å². The molecule has 0 amide bonds. The average Bonchev–Trinajstić information content (AvgIpc) is 3.17. The van der Waals surface area contributed by atoms with Crippen molar-refractivity contribution >= 4 is 0 Å². The van der Waals surface area contributed by atoms with Crippen LogP contribution < -0.4 is 18.3 Å². The van der Waals surface area contributed by atoms with Crippen LogP contribution in [0, 0.1) is 27.7 Å². The summed E-state index contributed by atoms with van der Waals surface area (Å²) in [5, 5.41) is 0. The van der Waals surface area contributed by atoms with Crippen LogP contribution in [0.3, 0.4) is 0 Å². The van der Waals surface area contributed by atoms with Crippen molar-refractivity contribution in [2.75, 3.05) is 0 Å². The molecule has 53 heavy (non-hydrogen) atoms. The highest BCUT2D eigenvalue weighted by molar-refractivity contribution is 5.74. The van der Waals surface area contributed by atoms with Crippen LogP contribution in [0.1, 0.15) is 55.1 Å². The summed E-state index contributed by atoms with van der Waals surface area (Å²) in [7, 11) is 2.06. The van der Waals surface area contributed by atoms with E-state index < -0.39 is 0 Å². The maximum absolute atomic E-state index is 2.42. The quantitative estimate of drug-likeness (QED) is 0.0946. The fraction of sp³-hybridized carbons (Fsp3) is 0.224. The van der Waals surface area contributed by atoms with Crippen molar-refractivity contribution in [1.82, 2.24) is 0 Å². The predicted molar refractivity (Wildman–Crippen MR) is 216 cm³/mol. The molecule has 4 nitrogen and oxygen atoms in total. The van der Waals surface area contributed by atoms with Crippen LogP contribution in [0.5, 0.6) is 0 Å². The molecule has 0 spiro atoms. The molecule has 0 aliphatic rings. The second-order valence-electron chi connectivity index (χ2n) is 14.6. The van der Waals surface area contributed by atoms with Gasteiger partial charge in [-0.2, -0.15) is 9.13 Å². The smallest absolute Gasteiger partial charge is 0.208 e. The molecule has 3 aromatic carbocycles. The summed E-state index contributed by atoms with van der Waals surface area (Å²) in [5.74, 6) is 0. The Kier molecular flexibility index (Phi) is 10.7. The van der Waals surface area contributed by atoms with Gasteiger partial charge in [-0.3, -0.25) is 0 Å². The molecule has 4 aromatic heterocycles. The minimum Gasteiger partial charge on any atom is -0.208 e. The van der Waals surface area contributed by atoms with Crippen molar-refractivity contribution in [1.29, 1.82) is 0 Å². The standard InChI is InChI=1S/C49H52N4/c1-7-8-9-10-27-51-30-25-41(26-31-51)44-32-38(4)52(39(5)33-44)46-19-21-47(22-20-46)53-48(42-15-11-36(2)12-16-42)34-45(40-23-28-50(6)29-24-40)35-49(53)43-17-13-37(3)14-18-43/h11-26,28-35H,7-10,27H2,1-6H3/q+4. The van der Waals surface area contributed by atoms with Crippen molar-refractivity contribution in [3.63, 3.8) is 0 Å². The molecule has 0 N–H and O–H groups in total. The Morgan fingerprint density at radius 2 is 0.868 bits per heavy atom. The van der Waals surface area contributed by atoms with E-state index in [9.17, 15) is 0 Å². The first kappa shape index (κ1) is 35.7. The molecule has 0 fully saturated rings. The van der Waals surface area contributed by atoms with E-state index in [0.717, 1.165) is 29.3 Å². The third-order valence-electron chi connectivity index (χ3n) is 10.4. The van der Waals surface area contributed by atoms with E-state index in [2.05, 4.69) is 206 Å². The van der Waals surface area contributed by atoms with Gasteiger partial charge in [0.2, 0.25) is 22.8 Å². The lowest BCUT2D eigenvalue weighted by Crippen LogP contribution is -2.39. The normalized spacial score (nSPS) is 11.2. The number of nitrogens with zero attached hydrogens (tertiary/aromatic N) is 4. The molecule has 7 aromatic rings. The summed E-state index contributed by atoms with van der Waals surface area (Å²) in [6.45, 7) is 12.1. The molecule has 0 bridgehead atoms. The van der Waals surface area contributed by atoms with Crippen molar-refractivity contribution in [3.05, 3.63) is 169 Å². The second-order valence-corrected chi connectivity index (χ2v) is 14.6. The van der Waals surface area contributed by atoms with Crippen LogP contribution >= 0.6 is 0 Å².